The van der Waals surface area contributed by atoms with Gasteiger partial charge < -0.3 is 0 Å². The minimum Gasteiger partial charge on any atom is -0.211 e. The molecule has 0 unspecified atom stereocenters. The van der Waals surface area contributed by atoms with Gasteiger partial charge in [0, 0.05) is 0 Å². The number of rotatable bonds is 2. The van der Waals surface area contributed by atoms with Crippen LogP contribution in [-0.4, -0.2) is 18.0 Å². The number of halogens is 2. The Balaban J connectivity index is 2.76. The third kappa shape index (κ3) is 1.69. The molecule has 0 aromatic carbocycles. The lowest BCUT2D eigenvalue weighted by atomic mass is 9.82. The second-order valence-corrected chi connectivity index (χ2v) is 3.17. The van der Waals surface area contributed by atoms with Gasteiger partial charge in [-0.3, -0.25) is 0 Å². The van der Waals surface area contributed by atoms with Gasteiger partial charge >= 0.3 is 0 Å². The first kappa shape index (κ1) is 9.33. The van der Waals surface area contributed by atoms with Crippen LogP contribution >= 0.6 is 0 Å². The molecule has 0 aromatic heterocycles. The smallest absolute Gasteiger partial charge is 0.211 e. The topological polar surface area (TPSA) is 29.4 Å². The van der Waals surface area contributed by atoms with Gasteiger partial charge in [-0.05, 0) is 12.8 Å². The Labute approximate surface area is 69.7 Å². The molecule has 0 spiro atoms. The second-order valence-electron chi connectivity index (χ2n) is 3.17. The normalized spacial score (nSPS) is 21.9. The Hall–Kier alpha value is -0.760. The van der Waals surface area contributed by atoms with Crippen molar-refractivity contribution in [2.24, 2.45) is 4.99 Å². The van der Waals surface area contributed by atoms with Gasteiger partial charge in [0.15, 0.2) is 0 Å². The van der Waals surface area contributed by atoms with Crippen molar-refractivity contribution < 1.29 is 13.6 Å². The van der Waals surface area contributed by atoms with E-state index in [0.29, 0.717) is 12.8 Å². The molecule has 0 amide bonds. The van der Waals surface area contributed by atoms with Gasteiger partial charge in [0.2, 0.25) is 6.08 Å². The molecule has 4 heteroatoms. The van der Waals surface area contributed by atoms with Crippen LogP contribution in [0, 0.1) is 0 Å². The molecular formula is C8H11F2NO. The van der Waals surface area contributed by atoms with Gasteiger partial charge in [-0.2, -0.15) is 4.99 Å². The van der Waals surface area contributed by atoms with Gasteiger partial charge in [0.1, 0.15) is 5.54 Å². The molecule has 0 bridgehead atoms. The number of carbonyl (C=O) groups excluding carboxylic acids is 1. The zero-order valence-corrected chi connectivity index (χ0v) is 6.72. The van der Waals surface area contributed by atoms with E-state index in [1.807, 2.05) is 0 Å². The largest absolute Gasteiger partial charge is 0.264 e. The first-order chi connectivity index (χ1) is 5.71. The Bertz CT molecular complexity index is 193. The Morgan fingerprint density at radius 2 is 1.83 bits per heavy atom. The molecule has 0 aromatic rings. The number of alkyl halides is 2. The Morgan fingerprint density at radius 3 is 2.25 bits per heavy atom. The minimum absolute atomic E-state index is 0.319. The van der Waals surface area contributed by atoms with Crippen molar-refractivity contribution in [3.8, 4) is 0 Å². The van der Waals surface area contributed by atoms with Crippen LogP contribution < -0.4 is 0 Å². The summed E-state index contributed by atoms with van der Waals surface area (Å²) in [5.74, 6) is 0. The van der Waals surface area contributed by atoms with Crippen molar-refractivity contribution in [1.29, 1.82) is 0 Å². The van der Waals surface area contributed by atoms with Crippen LogP contribution in [0.3, 0.4) is 0 Å². The molecule has 0 N–H and O–H groups in total. The van der Waals surface area contributed by atoms with Gasteiger partial charge in [0.05, 0.1) is 0 Å². The van der Waals surface area contributed by atoms with Crippen molar-refractivity contribution in [2.45, 2.75) is 44.1 Å². The van der Waals surface area contributed by atoms with Crippen molar-refractivity contribution in [3.05, 3.63) is 0 Å². The summed E-state index contributed by atoms with van der Waals surface area (Å²) in [7, 11) is 0. The molecule has 1 saturated carbocycles. The molecule has 68 valence electrons. The zero-order valence-electron chi connectivity index (χ0n) is 6.72. The van der Waals surface area contributed by atoms with E-state index in [-0.39, 0.29) is 0 Å². The van der Waals surface area contributed by atoms with Crippen LogP contribution in [0.5, 0.6) is 0 Å². The van der Waals surface area contributed by atoms with Crippen LogP contribution in [-0.2, 0) is 4.79 Å². The number of aliphatic imine (C=N–C) groups is 1. The van der Waals surface area contributed by atoms with Crippen molar-refractivity contribution in [2.75, 3.05) is 0 Å². The Kier molecular flexibility index (Phi) is 2.93. The summed E-state index contributed by atoms with van der Waals surface area (Å²) in [5, 5.41) is 0. The fraction of sp³-hybridized carbons (Fsp3) is 0.875. The summed E-state index contributed by atoms with van der Waals surface area (Å²) in [6, 6.07) is 0. The summed E-state index contributed by atoms with van der Waals surface area (Å²) in [5.41, 5.74) is -1.40. The van der Waals surface area contributed by atoms with Crippen molar-refractivity contribution in [3.63, 3.8) is 0 Å². The summed E-state index contributed by atoms with van der Waals surface area (Å²) >= 11 is 0. The summed E-state index contributed by atoms with van der Waals surface area (Å²) < 4.78 is 25.0. The molecule has 0 saturated heterocycles. The molecule has 1 aliphatic carbocycles. The Morgan fingerprint density at radius 1 is 1.25 bits per heavy atom. The molecule has 0 heterocycles. The first-order valence-corrected chi connectivity index (χ1v) is 4.08. The summed E-state index contributed by atoms with van der Waals surface area (Å²) in [6.07, 6.45) is 1.79. The molecule has 2 nitrogen and oxygen atoms in total. The minimum atomic E-state index is -2.53. The second kappa shape index (κ2) is 3.76. The average molecular weight is 175 g/mol. The van der Waals surface area contributed by atoms with Gasteiger partial charge in [0.25, 0.3) is 6.43 Å². The predicted molar refractivity (Wildman–Crippen MR) is 39.9 cm³/mol. The molecule has 12 heavy (non-hydrogen) atoms. The van der Waals surface area contributed by atoms with Crippen molar-refractivity contribution >= 4 is 6.08 Å². The van der Waals surface area contributed by atoms with Crippen molar-refractivity contribution in [1.82, 2.24) is 0 Å². The highest BCUT2D eigenvalue weighted by Gasteiger charge is 2.40. The van der Waals surface area contributed by atoms with Gasteiger partial charge in [-0.25, -0.2) is 13.6 Å². The summed E-state index contributed by atoms with van der Waals surface area (Å²) in [4.78, 5) is 13.2. The van der Waals surface area contributed by atoms with Crippen LogP contribution in [0.25, 0.3) is 0 Å². The van der Waals surface area contributed by atoms with Gasteiger partial charge in [-0.1, -0.05) is 19.3 Å². The molecular weight excluding hydrogens is 164 g/mol. The maximum absolute atomic E-state index is 12.5. The fourth-order valence-electron chi connectivity index (χ4n) is 1.63. The lowest BCUT2D eigenvalue weighted by Crippen LogP contribution is -2.37. The zero-order chi connectivity index (χ0) is 9.03. The van der Waals surface area contributed by atoms with E-state index in [1.54, 1.807) is 0 Å². The lowest BCUT2D eigenvalue weighted by molar-refractivity contribution is 0.0331. The number of isocyanates is 1. The number of nitrogens with zero attached hydrogens (tertiary/aromatic N) is 1. The molecule has 1 rings (SSSR count). The van der Waals surface area contributed by atoms with Crippen LogP contribution in [0.4, 0.5) is 8.78 Å². The maximum atomic E-state index is 12.5. The highest BCUT2D eigenvalue weighted by Crippen LogP contribution is 2.36. The van der Waals surface area contributed by atoms with Gasteiger partial charge in [-0.15, -0.1) is 0 Å². The van der Waals surface area contributed by atoms with E-state index in [4.69, 9.17) is 0 Å². The third-order valence-electron chi connectivity index (χ3n) is 2.39. The highest BCUT2D eigenvalue weighted by atomic mass is 19.3. The van der Waals surface area contributed by atoms with E-state index < -0.39 is 12.0 Å². The van der Waals surface area contributed by atoms with E-state index in [0.717, 1.165) is 19.3 Å². The van der Waals surface area contributed by atoms with E-state index >= 15 is 0 Å². The van der Waals surface area contributed by atoms with Crippen LogP contribution in [0.15, 0.2) is 4.99 Å². The average Bonchev–Trinajstić information content (AvgIpc) is 2.06. The quantitative estimate of drug-likeness (QED) is 0.467. The SMILES string of the molecule is O=C=NC1(C(F)F)CCCCC1. The number of hydrogen-bond acceptors (Lipinski definition) is 2. The van der Waals surface area contributed by atoms with E-state index in [2.05, 4.69) is 4.99 Å². The predicted octanol–water partition coefficient (Wildman–Crippen LogP) is 2.29. The molecule has 1 aliphatic rings. The van der Waals surface area contributed by atoms with Crippen LogP contribution in [0.2, 0.25) is 0 Å². The number of hydrogen-bond donors (Lipinski definition) is 0. The van der Waals surface area contributed by atoms with E-state index in [9.17, 15) is 13.6 Å². The third-order valence-corrected chi connectivity index (χ3v) is 2.39. The molecule has 0 radical (unpaired) electrons. The molecule has 1 fully saturated rings. The first-order valence-electron chi connectivity index (χ1n) is 4.08. The van der Waals surface area contributed by atoms with E-state index in [1.165, 1.54) is 6.08 Å². The standard InChI is InChI=1S/C8H11F2NO/c9-7(10)8(11-6-12)4-2-1-3-5-8/h7H,1-5H2. The molecule has 0 aliphatic heterocycles. The maximum Gasteiger partial charge on any atom is 0.264 e. The monoisotopic (exact) mass is 175 g/mol. The lowest BCUT2D eigenvalue weighted by Gasteiger charge is -2.30. The highest BCUT2D eigenvalue weighted by molar-refractivity contribution is 5.35. The summed E-state index contributed by atoms with van der Waals surface area (Å²) in [6.45, 7) is 0. The molecule has 0 atom stereocenters. The van der Waals surface area contributed by atoms with Crippen LogP contribution in [0.1, 0.15) is 32.1 Å². The fourth-order valence-corrected chi connectivity index (χ4v) is 1.63.